The number of allylic oxidation sites excluding steroid dienone is 2. The summed E-state index contributed by atoms with van der Waals surface area (Å²) >= 11 is 0. The summed E-state index contributed by atoms with van der Waals surface area (Å²) in [7, 11) is 0. The number of nitrogens with one attached hydrogen (secondary N) is 3. The number of carbonyl (C=O) groups excluding carboxylic acids is 2. The third kappa shape index (κ3) is 4.72. The van der Waals surface area contributed by atoms with Crippen LogP contribution in [-0.2, 0) is 11.2 Å². The molecule has 33 heavy (non-hydrogen) atoms. The number of hydrogen-bond acceptors (Lipinski definition) is 6. The number of quaternary nitrogens is 1. The number of aliphatic imine (C=N–C) groups is 2. The normalized spacial score (nSPS) is 18.6. The number of benzene rings is 2. The van der Waals surface area contributed by atoms with Gasteiger partial charge in [0.1, 0.15) is 11.9 Å². The molecule has 4 rings (SSSR count). The molecule has 168 valence electrons. The van der Waals surface area contributed by atoms with Crippen molar-refractivity contribution in [3.05, 3.63) is 77.9 Å². The molecule has 0 saturated carbocycles. The molecule has 2 aliphatic heterocycles. The highest BCUT2D eigenvalue weighted by atomic mass is 16.3. The van der Waals surface area contributed by atoms with Gasteiger partial charge in [-0.2, -0.15) is 10.8 Å². The van der Waals surface area contributed by atoms with E-state index in [1.807, 2.05) is 12.1 Å². The van der Waals surface area contributed by atoms with Crippen LogP contribution in [0.2, 0.25) is 0 Å². The first-order valence-electron chi connectivity index (χ1n) is 10.3. The molecular formula is C23H24N7O3+. The van der Waals surface area contributed by atoms with Crippen molar-refractivity contribution in [3.8, 4) is 0 Å². The number of rotatable bonds is 6. The largest absolute Gasteiger partial charge is 0.396 e. The number of nitrogens with zero attached hydrogens (tertiary/aromatic N) is 3. The summed E-state index contributed by atoms with van der Waals surface area (Å²) in [6.07, 6.45) is 5.28. The van der Waals surface area contributed by atoms with Gasteiger partial charge in [-0.25, -0.2) is 4.79 Å². The molecule has 0 fully saturated rings. The molecule has 0 bridgehead atoms. The maximum Gasteiger partial charge on any atom is 0.333 e. The zero-order valence-corrected chi connectivity index (χ0v) is 17.9. The van der Waals surface area contributed by atoms with Gasteiger partial charge in [-0.3, -0.25) is 9.79 Å². The maximum absolute atomic E-state index is 12.8. The number of anilines is 3. The van der Waals surface area contributed by atoms with Crippen molar-refractivity contribution in [2.75, 3.05) is 22.6 Å². The van der Waals surface area contributed by atoms with Crippen LogP contribution < -0.4 is 21.8 Å². The van der Waals surface area contributed by atoms with Crippen molar-refractivity contribution < 1.29 is 19.3 Å². The Kier molecular flexibility index (Phi) is 6.13. The van der Waals surface area contributed by atoms with Crippen LogP contribution in [0.25, 0.3) is 0 Å². The highest BCUT2D eigenvalue weighted by molar-refractivity contribution is 6.40. The molecule has 3 amide bonds. The molecule has 10 nitrogen and oxygen atoms in total. The van der Waals surface area contributed by atoms with E-state index < -0.39 is 11.9 Å². The lowest BCUT2D eigenvalue weighted by Crippen LogP contribution is -2.56. The average Bonchev–Trinajstić information content (AvgIpc) is 3.07. The van der Waals surface area contributed by atoms with Crippen LogP contribution in [0.5, 0.6) is 0 Å². The third-order valence-corrected chi connectivity index (χ3v) is 5.19. The van der Waals surface area contributed by atoms with E-state index in [2.05, 4.69) is 25.9 Å². The van der Waals surface area contributed by atoms with Crippen LogP contribution in [0.3, 0.4) is 0 Å². The van der Waals surface area contributed by atoms with Gasteiger partial charge in [0.05, 0.1) is 12.4 Å². The maximum atomic E-state index is 12.8. The van der Waals surface area contributed by atoms with Crippen LogP contribution in [0.1, 0.15) is 12.5 Å². The van der Waals surface area contributed by atoms with E-state index in [1.54, 1.807) is 55.7 Å². The number of hydrogen-bond donors (Lipinski definition) is 5. The second-order valence-electron chi connectivity index (χ2n) is 7.54. The first kappa shape index (κ1) is 22.1. The minimum absolute atomic E-state index is 0.0769. The lowest BCUT2D eigenvalue weighted by molar-refractivity contribution is -0.749. The number of amidine groups is 1. The Bertz CT molecular complexity index is 1200. The number of amides is 3. The quantitative estimate of drug-likeness (QED) is 0.344. The van der Waals surface area contributed by atoms with Crippen LogP contribution in [0.4, 0.5) is 21.9 Å². The summed E-state index contributed by atoms with van der Waals surface area (Å²) in [6.45, 7) is 1.85. The Morgan fingerprint density at radius 2 is 1.55 bits per heavy atom. The van der Waals surface area contributed by atoms with Crippen molar-refractivity contribution in [2.24, 2.45) is 15.8 Å². The number of carbonyl (C=O) groups is 2. The van der Waals surface area contributed by atoms with E-state index >= 15 is 0 Å². The van der Waals surface area contributed by atoms with Crippen molar-refractivity contribution in [2.45, 2.75) is 13.3 Å². The molecule has 0 aliphatic carbocycles. The van der Waals surface area contributed by atoms with Crippen molar-refractivity contribution in [3.63, 3.8) is 0 Å². The molecule has 0 saturated heterocycles. The minimum atomic E-state index is -0.435. The zero-order valence-electron chi connectivity index (χ0n) is 17.9. The molecule has 6 N–H and O–H groups in total. The topological polar surface area (TPSA) is 141 Å². The van der Waals surface area contributed by atoms with E-state index in [0.29, 0.717) is 34.9 Å². The molecule has 0 radical (unpaired) electrons. The molecule has 1 unspecified atom stereocenters. The molecule has 2 heterocycles. The highest BCUT2D eigenvalue weighted by Gasteiger charge is 2.45. The van der Waals surface area contributed by atoms with Crippen LogP contribution in [0.15, 0.2) is 82.3 Å². The van der Waals surface area contributed by atoms with Crippen molar-refractivity contribution in [1.82, 2.24) is 0 Å². The number of nitrogens with two attached hydrogens (primary N) is 1. The molecule has 1 atom stereocenters. The van der Waals surface area contributed by atoms with Gasteiger partial charge in [0, 0.05) is 23.7 Å². The van der Waals surface area contributed by atoms with Gasteiger partial charge in [0.25, 0.3) is 0 Å². The first-order chi connectivity index (χ1) is 15.9. The predicted molar refractivity (Wildman–Crippen MR) is 127 cm³/mol. The summed E-state index contributed by atoms with van der Waals surface area (Å²) in [5.41, 5.74) is 3.96. The van der Waals surface area contributed by atoms with Crippen molar-refractivity contribution in [1.29, 1.82) is 0 Å². The van der Waals surface area contributed by atoms with Gasteiger partial charge in [0.15, 0.2) is 0 Å². The molecular weight excluding hydrogens is 422 g/mol. The number of aliphatic hydroxyl groups excluding tert-OH is 1. The summed E-state index contributed by atoms with van der Waals surface area (Å²) in [6, 6.07) is 13.5. The zero-order chi connectivity index (χ0) is 23.4. The Morgan fingerprint density at radius 1 is 0.970 bits per heavy atom. The Hall–Kier alpha value is -4.12. The standard InChI is InChI=1S/C23H23N7O3/c1-15-20-14-25-11-12-30(20,24)21(26-15)22(32)27-17-6-8-19(9-7-17)29-23(33)28-18-4-2-16(3-5-18)10-13-31/h2-9,11-12,14,31H,10,13,24H2,1H3,(H2-,25,26,27,28,29,32,33)/p+1. The predicted octanol–water partition coefficient (Wildman–Crippen LogP) is 2.69. The molecule has 0 aromatic heterocycles. The Labute approximate surface area is 190 Å². The molecule has 2 aliphatic rings. The SMILES string of the molecule is CC1=C2C=NC=C[N+]2(N)C(C(=O)Nc2ccc(NC(=O)Nc3ccc(CCO)cc3)cc2)=N1. The molecule has 0 spiro atoms. The molecule has 10 heteroatoms. The summed E-state index contributed by atoms with van der Waals surface area (Å²) in [5.74, 6) is 6.06. The van der Waals surface area contributed by atoms with Crippen LogP contribution >= 0.6 is 0 Å². The second-order valence-corrected chi connectivity index (χ2v) is 7.54. The fourth-order valence-electron chi connectivity index (χ4n) is 3.50. The van der Waals surface area contributed by atoms with Gasteiger partial charge in [-0.15, -0.1) is 4.59 Å². The molecule has 2 aromatic carbocycles. The fourth-order valence-corrected chi connectivity index (χ4v) is 3.50. The van der Waals surface area contributed by atoms with Gasteiger partial charge in [-0.1, -0.05) is 12.1 Å². The number of aliphatic hydroxyl groups is 1. The van der Waals surface area contributed by atoms with Gasteiger partial charge >= 0.3 is 17.8 Å². The van der Waals surface area contributed by atoms with E-state index in [-0.39, 0.29) is 17.0 Å². The summed E-state index contributed by atoms with van der Waals surface area (Å²) < 4.78 is -0.331. The van der Waals surface area contributed by atoms with E-state index in [4.69, 9.17) is 10.9 Å². The minimum Gasteiger partial charge on any atom is -0.396 e. The third-order valence-electron chi connectivity index (χ3n) is 5.19. The van der Waals surface area contributed by atoms with Crippen LogP contribution in [0, 0.1) is 0 Å². The van der Waals surface area contributed by atoms with E-state index in [1.165, 1.54) is 6.20 Å². The monoisotopic (exact) mass is 446 g/mol. The summed E-state index contributed by atoms with van der Waals surface area (Å²) in [4.78, 5) is 33.4. The van der Waals surface area contributed by atoms with Crippen LogP contribution in [-0.4, -0.2) is 40.3 Å². The van der Waals surface area contributed by atoms with E-state index in [9.17, 15) is 9.59 Å². The second kappa shape index (κ2) is 9.17. The van der Waals surface area contributed by atoms with Crippen molar-refractivity contribution >= 4 is 41.1 Å². The average molecular weight is 446 g/mol. The lowest BCUT2D eigenvalue weighted by Gasteiger charge is -2.25. The highest BCUT2D eigenvalue weighted by Crippen LogP contribution is 2.28. The van der Waals surface area contributed by atoms with Gasteiger partial charge in [-0.05, 0) is 55.3 Å². The lowest BCUT2D eigenvalue weighted by atomic mass is 10.1. The summed E-state index contributed by atoms with van der Waals surface area (Å²) in [5, 5.41) is 17.2. The van der Waals surface area contributed by atoms with E-state index in [0.717, 1.165) is 5.56 Å². The fraction of sp³-hybridized carbons (Fsp3) is 0.130. The van der Waals surface area contributed by atoms with Gasteiger partial charge in [0.2, 0.25) is 5.70 Å². The number of urea groups is 1. The smallest absolute Gasteiger partial charge is 0.333 e. The number of fused-ring (bicyclic) bond motifs is 1. The molecule has 2 aromatic rings. The Balaban J connectivity index is 1.34. The Morgan fingerprint density at radius 3 is 2.15 bits per heavy atom. The van der Waals surface area contributed by atoms with Gasteiger partial charge < -0.3 is 21.1 Å². The first-order valence-corrected chi connectivity index (χ1v) is 10.3.